The average Bonchev–Trinajstić information content (AvgIpc) is 3.22. The molecule has 10 nitrogen and oxygen atoms in total. The maximum Gasteiger partial charge on any atom is 0.435 e. The first-order valence-electron chi connectivity index (χ1n) is 11.5. The summed E-state index contributed by atoms with van der Waals surface area (Å²) < 4.78 is 40.4. The molecule has 37 heavy (non-hydrogen) atoms. The van der Waals surface area contributed by atoms with Gasteiger partial charge in [0, 0.05) is 31.0 Å². The number of pyridine rings is 1. The summed E-state index contributed by atoms with van der Waals surface area (Å²) in [6, 6.07) is 6.79. The first-order chi connectivity index (χ1) is 17.5. The second-order valence-electron chi connectivity index (χ2n) is 9.02. The van der Waals surface area contributed by atoms with E-state index in [1.54, 1.807) is 36.1 Å². The molecule has 0 atom stereocenters. The first kappa shape index (κ1) is 24.4. The summed E-state index contributed by atoms with van der Waals surface area (Å²) in [5, 5.41) is 14.8. The SMILES string of the molecule is CN(C(=O)C1CCC1)N(Cc1ccc(C(F)(F)F)nn1)C(=O)c1ccc2nc(N)c3cnn(C)c3c2c1. The Bertz CT molecular complexity index is 1510. The van der Waals surface area contributed by atoms with E-state index >= 15 is 0 Å². The smallest absolute Gasteiger partial charge is 0.383 e. The molecule has 0 unspecified atom stereocenters. The number of anilines is 1. The number of carbonyl (C=O) groups excluding carboxylic acids is 2. The summed E-state index contributed by atoms with van der Waals surface area (Å²) in [5.74, 6) is -0.686. The number of amides is 2. The van der Waals surface area contributed by atoms with Gasteiger partial charge in [0.25, 0.3) is 5.91 Å². The van der Waals surface area contributed by atoms with Crippen molar-refractivity contribution in [2.45, 2.75) is 32.0 Å². The number of rotatable bonds is 4. The number of nitrogens with two attached hydrogens (primary N) is 1. The molecule has 1 fully saturated rings. The van der Waals surface area contributed by atoms with Crippen LogP contribution in [0.4, 0.5) is 19.0 Å². The number of benzene rings is 1. The quantitative estimate of drug-likeness (QED) is 0.416. The third kappa shape index (κ3) is 4.41. The number of halogens is 3. The van der Waals surface area contributed by atoms with Gasteiger partial charge in [-0.3, -0.25) is 19.3 Å². The molecule has 1 saturated carbocycles. The number of nitrogens with zero attached hydrogens (tertiary/aromatic N) is 7. The van der Waals surface area contributed by atoms with Gasteiger partial charge in [0.1, 0.15) is 5.82 Å². The third-order valence-electron chi connectivity index (χ3n) is 6.65. The zero-order valence-corrected chi connectivity index (χ0v) is 20.0. The number of carbonyl (C=O) groups is 2. The van der Waals surface area contributed by atoms with Crippen LogP contribution in [0.25, 0.3) is 21.8 Å². The molecule has 1 aliphatic rings. The van der Waals surface area contributed by atoms with Gasteiger partial charge in [-0.15, -0.1) is 5.10 Å². The zero-order valence-electron chi connectivity index (χ0n) is 20.0. The predicted molar refractivity (Wildman–Crippen MR) is 127 cm³/mol. The second kappa shape index (κ2) is 8.98. The highest BCUT2D eigenvalue weighted by molar-refractivity contribution is 6.10. The molecule has 2 N–H and O–H groups in total. The zero-order chi connectivity index (χ0) is 26.5. The van der Waals surface area contributed by atoms with Crippen molar-refractivity contribution in [2.75, 3.05) is 12.8 Å². The van der Waals surface area contributed by atoms with Crippen molar-refractivity contribution < 1.29 is 22.8 Å². The van der Waals surface area contributed by atoms with Crippen molar-refractivity contribution in [1.29, 1.82) is 0 Å². The largest absolute Gasteiger partial charge is 0.435 e. The molecule has 3 heterocycles. The fourth-order valence-electron chi connectivity index (χ4n) is 4.34. The molecule has 0 spiro atoms. The van der Waals surface area contributed by atoms with Gasteiger partial charge >= 0.3 is 6.18 Å². The molecule has 192 valence electrons. The number of hydrogen-bond donors (Lipinski definition) is 1. The van der Waals surface area contributed by atoms with Crippen molar-refractivity contribution in [1.82, 2.24) is 35.0 Å². The number of aromatic nitrogens is 5. The van der Waals surface area contributed by atoms with Gasteiger partial charge in [0.15, 0.2) is 5.69 Å². The minimum Gasteiger partial charge on any atom is -0.383 e. The molecular weight excluding hydrogens is 489 g/mol. The lowest BCUT2D eigenvalue weighted by Gasteiger charge is -2.36. The summed E-state index contributed by atoms with van der Waals surface area (Å²) >= 11 is 0. The number of hydrazine groups is 1. The predicted octanol–water partition coefficient (Wildman–Crippen LogP) is 3.33. The molecule has 5 rings (SSSR count). The van der Waals surface area contributed by atoms with Crippen LogP contribution < -0.4 is 5.73 Å². The topological polar surface area (TPSA) is 123 Å². The van der Waals surface area contributed by atoms with E-state index < -0.39 is 17.8 Å². The standard InChI is InChI=1S/C24H23F3N8O2/c1-33-20-16-10-14(6-8-18(16)30-21(28)17(20)11-29-33)23(37)35(34(2)22(36)13-4-3-5-13)12-15-7-9-19(32-31-15)24(25,26)27/h6-11,13H,3-5,12H2,1-2H3,(H2,28,30). The Morgan fingerprint density at radius 2 is 1.89 bits per heavy atom. The molecule has 0 bridgehead atoms. The molecule has 1 aromatic carbocycles. The summed E-state index contributed by atoms with van der Waals surface area (Å²) in [6.07, 6.45) is -0.701. The van der Waals surface area contributed by atoms with Crippen LogP contribution in [-0.4, -0.2) is 53.8 Å². The van der Waals surface area contributed by atoms with E-state index in [1.165, 1.54) is 17.1 Å². The van der Waals surface area contributed by atoms with Gasteiger partial charge in [-0.2, -0.15) is 23.4 Å². The summed E-state index contributed by atoms with van der Waals surface area (Å²) in [4.78, 5) is 31.2. The average molecular weight is 512 g/mol. The maximum absolute atomic E-state index is 13.8. The van der Waals surface area contributed by atoms with Gasteiger partial charge in [-0.25, -0.2) is 9.99 Å². The highest BCUT2D eigenvalue weighted by Gasteiger charge is 2.35. The van der Waals surface area contributed by atoms with Gasteiger partial charge in [0.2, 0.25) is 5.91 Å². The Hall–Kier alpha value is -4.29. The fraction of sp³-hybridized carbons (Fsp3) is 0.333. The van der Waals surface area contributed by atoms with E-state index in [0.717, 1.165) is 18.6 Å². The molecule has 13 heteroatoms. The minimum absolute atomic E-state index is 0.0962. The van der Waals surface area contributed by atoms with Gasteiger partial charge in [-0.05, 0) is 43.2 Å². The number of aryl methyl sites for hydroxylation is 1. The fourth-order valence-corrected chi connectivity index (χ4v) is 4.34. The van der Waals surface area contributed by atoms with Crippen LogP contribution in [0.5, 0.6) is 0 Å². The molecule has 1 aliphatic carbocycles. The molecule has 4 aromatic rings. The summed E-state index contributed by atoms with van der Waals surface area (Å²) in [5.41, 5.74) is 6.51. The molecule has 0 saturated heterocycles. The number of nitrogen functional groups attached to an aromatic ring is 1. The van der Waals surface area contributed by atoms with E-state index in [9.17, 15) is 22.8 Å². The Labute approximate surface area is 208 Å². The van der Waals surface area contributed by atoms with Crippen LogP contribution in [0.15, 0.2) is 36.5 Å². The molecule has 0 aliphatic heterocycles. The van der Waals surface area contributed by atoms with E-state index in [2.05, 4.69) is 20.3 Å². The van der Waals surface area contributed by atoms with Crippen LogP contribution in [-0.2, 0) is 24.6 Å². The van der Waals surface area contributed by atoms with Crippen LogP contribution >= 0.6 is 0 Å². The Balaban J connectivity index is 1.53. The van der Waals surface area contributed by atoms with Crippen molar-refractivity contribution in [2.24, 2.45) is 13.0 Å². The monoisotopic (exact) mass is 512 g/mol. The lowest BCUT2D eigenvalue weighted by Crippen LogP contribution is -2.50. The highest BCUT2D eigenvalue weighted by Crippen LogP contribution is 2.31. The molecular formula is C24H23F3N8O2. The highest BCUT2D eigenvalue weighted by atomic mass is 19.4. The van der Waals surface area contributed by atoms with E-state index in [1.807, 2.05) is 0 Å². The summed E-state index contributed by atoms with van der Waals surface area (Å²) in [7, 11) is 3.22. The van der Waals surface area contributed by atoms with Crippen LogP contribution in [0.3, 0.4) is 0 Å². The lowest BCUT2D eigenvalue weighted by molar-refractivity contribution is -0.150. The maximum atomic E-state index is 13.8. The normalized spacial score (nSPS) is 14.1. The van der Waals surface area contributed by atoms with E-state index in [-0.39, 0.29) is 29.6 Å². The van der Waals surface area contributed by atoms with E-state index in [4.69, 9.17) is 5.73 Å². The van der Waals surface area contributed by atoms with Crippen molar-refractivity contribution in [3.05, 3.63) is 53.5 Å². The van der Waals surface area contributed by atoms with Crippen LogP contribution in [0.1, 0.15) is 41.0 Å². The third-order valence-corrected chi connectivity index (χ3v) is 6.65. The van der Waals surface area contributed by atoms with E-state index in [0.29, 0.717) is 40.5 Å². The van der Waals surface area contributed by atoms with Crippen molar-refractivity contribution >= 4 is 39.4 Å². The van der Waals surface area contributed by atoms with Crippen LogP contribution in [0.2, 0.25) is 0 Å². The molecule has 3 aromatic heterocycles. The van der Waals surface area contributed by atoms with Gasteiger partial charge in [0.05, 0.1) is 34.9 Å². The lowest BCUT2D eigenvalue weighted by atomic mass is 9.85. The Morgan fingerprint density at radius 1 is 1.14 bits per heavy atom. The second-order valence-corrected chi connectivity index (χ2v) is 9.02. The Kier molecular flexibility index (Phi) is 5.92. The minimum atomic E-state index is -4.64. The number of hydrogen-bond acceptors (Lipinski definition) is 7. The van der Waals surface area contributed by atoms with Gasteiger partial charge < -0.3 is 5.73 Å². The number of fused-ring (bicyclic) bond motifs is 3. The molecule has 0 radical (unpaired) electrons. The van der Waals surface area contributed by atoms with Crippen molar-refractivity contribution in [3.8, 4) is 0 Å². The van der Waals surface area contributed by atoms with Crippen LogP contribution in [0, 0.1) is 5.92 Å². The van der Waals surface area contributed by atoms with Crippen molar-refractivity contribution in [3.63, 3.8) is 0 Å². The Morgan fingerprint density at radius 3 is 2.51 bits per heavy atom. The molecule has 2 amide bonds. The summed E-state index contributed by atoms with van der Waals surface area (Å²) in [6.45, 7) is -0.252. The number of alkyl halides is 3. The first-order valence-corrected chi connectivity index (χ1v) is 11.5. The van der Waals surface area contributed by atoms with Gasteiger partial charge in [-0.1, -0.05) is 6.42 Å².